The Kier molecular flexibility index (Phi) is 5.32. The normalized spacial score (nSPS) is 13.2. The average molecular weight is 177 g/mol. The lowest BCUT2D eigenvalue weighted by Crippen LogP contribution is -2.30. The van der Waals surface area contributed by atoms with E-state index in [-0.39, 0.29) is 11.2 Å². The predicted molar refractivity (Wildman–Crippen MR) is 47.3 cm³/mol. The molecule has 0 rings (SSSR count). The van der Waals surface area contributed by atoms with Crippen molar-refractivity contribution in [1.29, 1.82) is 0 Å². The Morgan fingerprint density at radius 2 is 2.00 bits per heavy atom. The summed E-state index contributed by atoms with van der Waals surface area (Å²) in [7, 11) is 1.44. The van der Waals surface area contributed by atoms with Crippen molar-refractivity contribution in [3.63, 3.8) is 0 Å². The second kappa shape index (κ2) is 5.43. The molecule has 1 atom stereocenters. The molecule has 0 saturated heterocycles. The van der Waals surface area contributed by atoms with Gasteiger partial charge < -0.3 is 0 Å². The zero-order chi connectivity index (χ0) is 8.85. The molecule has 0 aromatic carbocycles. The van der Waals surface area contributed by atoms with Gasteiger partial charge in [0.25, 0.3) is 5.91 Å². The summed E-state index contributed by atoms with van der Waals surface area (Å²) < 4.78 is 0. The van der Waals surface area contributed by atoms with Crippen LogP contribution in [0.5, 0.6) is 0 Å². The number of hydrogen-bond donors (Lipinski definition) is 1. The van der Waals surface area contributed by atoms with Gasteiger partial charge in [-0.3, -0.25) is 9.63 Å². The smallest absolute Gasteiger partial charge is 0.256 e. The van der Waals surface area contributed by atoms with Gasteiger partial charge in [0.15, 0.2) is 0 Å². The molecule has 0 aromatic rings. The highest BCUT2D eigenvalue weighted by atomic mass is 32.2. The van der Waals surface area contributed by atoms with Crippen LogP contribution in [-0.2, 0) is 9.63 Å². The molecule has 1 unspecified atom stereocenters. The minimum Gasteiger partial charge on any atom is -0.277 e. The predicted octanol–water partition coefficient (Wildman–Crippen LogP) is 1.19. The van der Waals surface area contributed by atoms with Crippen LogP contribution in [0.3, 0.4) is 0 Å². The molecule has 3 nitrogen and oxygen atoms in total. The Balaban J connectivity index is 3.64. The number of rotatable bonds is 4. The minimum atomic E-state index is -0.0776. The lowest BCUT2D eigenvalue weighted by molar-refractivity contribution is -0.130. The van der Waals surface area contributed by atoms with Crippen LogP contribution in [0.2, 0.25) is 0 Å². The SMILES string of the molecule is CONC(=O)C(C)SC(C)C. The summed E-state index contributed by atoms with van der Waals surface area (Å²) in [6.07, 6.45) is 0. The average Bonchev–Trinajstić information content (AvgIpc) is 1.86. The van der Waals surface area contributed by atoms with E-state index in [1.807, 2.05) is 6.92 Å². The summed E-state index contributed by atoms with van der Waals surface area (Å²) in [5.74, 6) is -0.0776. The molecule has 0 bridgehead atoms. The second-order valence-electron chi connectivity index (χ2n) is 2.50. The molecule has 0 aliphatic carbocycles. The molecule has 0 fully saturated rings. The van der Waals surface area contributed by atoms with Crippen LogP contribution in [0.15, 0.2) is 0 Å². The van der Waals surface area contributed by atoms with E-state index in [9.17, 15) is 4.79 Å². The van der Waals surface area contributed by atoms with E-state index in [4.69, 9.17) is 0 Å². The van der Waals surface area contributed by atoms with E-state index in [1.165, 1.54) is 7.11 Å². The van der Waals surface area contributed by atoms with E-state index in [2.05, 4.69) is 24.2 Å². The lowest BCUT2D eigenvalue weighted by atomic mass is 10.5. The largest absolute Gasteiger partial charge is 0.277 e. The fourth-order valence-corrected chi connectivity index (χ4v) is 1.64. The first-order valence-corrected chi connectivity index (χ1v) is 4.50. The minimum absolute atomic E-state index is 0.0463. The van der Waals surface area contributed by atoms with E-state index in [0.717, 1.165) is 0 Å². The molecule has 66 valence electrons. The first-order valence-electron chi connectivity index (χ1n) is 3.56. The third-order valence-corrected chi connectivity index (χ3v) is 2.21. The van der Waals surface area contributed by atoms with E-state index in [1.54, 1.807) is 11.8 Å². The summed E-state index contributed by atoms with van der Waals surface area (Å²) in [4.78, 5) is 15.5. The summed E-state index contributed by atoms with van der Waals surface area (Å²) in [5.41, 5.74) is 2.29. The second-order valence-corrected chi connectivity index (χ2v) is 4.42. The maximum absolute atomic E-state index is 11.0. The third-order valence-electron chi connectivity index (χ3n) is 1.05. The molecular formula is C7H15NO2S. The zero-order valence-electron chi connectivity index (χ0n) is 7.38. The van der Waals surface area contributed by atoms with Crippen LogP contribution in [-0.4, -0.2) is 23.5 Å². The molecule has 0 aromatic heterocycles. The number of thioether (sulfide) groups is 1. The molecular weight excluding hydrogens is 162 g/mol. The summed E-state index contributed by atoms with van der Waals surface area (Å²) in [6, 6.07) is 0. The van der Waals surface area contributed by atoms with E-state index >= 15 is 0 Å². The van der Waals surface area contributed by atoms with Crippen molar-refractivity contribution in [3.8, 4) is 0 Å². The van der Waals surface area contributed by atoms with Crippen molar-refractivity contribution in [2.75, 3.05) is 7.11 Å². The number of carbonyl (C=O) groups excluding carboxylic acids is 1. The Bertz CT molecular complexity index is 128. The van der Waals surface area contributed by atoms with Gasteiger partial charge in [-0.1, -0.05) is 13.8 Å². The summed E-state index contributed by atoms with van der Waals surface area (Å²) >= 11 is 1.61. The summed E-state index contributed by atoms with van der Waals surface area (Å²) in [5, 5.41) is 0.419. The van der Waals surface area contributed by atoms with Gasteiger partial charge in [-0.25, -0.2) is 5.48 Å². The molecule has 0 aliphatic heterocycles. The molecule has 11 heavy (non-hydrogen) atoms. The van der Waals surface area contributed by atoms with Crippen LogP contribution in [0.25, 0.3) is 0 Å². The molecule has 0 aliphatic rings. The van der Waals surface area contributed by atoms with Crippen molar-refractivity contribution in [3.05, 3.63) is 0 Å². The maximum Gasteiger partial charge on any atom is 0.256 e. The quantitative estimate of drug-likeness (QED) is 0.656. The standard InChI is InChI=1S/C7H15NO2S/c1-5(2)11-6(3)7(9)8-10-4/h5-6H,1-4H3,(H,8,9). The number of amides is 1. The Labute approximate surface area is 71.8 Å². The topological polar surface area (TPSA) is 38.3 Å². The van der Waals surface area contributed by atoms with Gasteiger partial charge in [-0.15, -0.1) is 11.8 Å². The molecule has 4 heteroatoms. The van der Waals surface area contributed by atoms with Gasteiger partial charge in [0.1, 0.15) is 0 Å². The Morgan fingerprint density at radius 3 is 2.36 bits per heavy atom. The van der Waals surface area contributed by atoms with Gasteiger partial charge in [-0.05, 0) is 12.2 Å². The number of hydrogen-bond acceptors (Lipinski definition) is 3. The molecule has 0 spiro atoms. The number of carbonyl (C=O) groups is 1. The molecule has 0 saturated carbocycles. The summed E-state index contributed by atoms with van der Waals surface area (Å²) in [6.45, 7) is 5.97. The van der Waals surface area contributed by atoms with Crippen molar-refractivity contribution in [1.82, 2.24) is 5.48 Å². The maximum atomic E-state index is 11.0. The van der Waals surface area contributed by atoms with E-state index in [0.29, 0.717) is 5.25 Å². The molecule has 1 N–H and O–H groups in total. The van der Waals surface area contributed by atoms with Crippen LogP contribution in [0.1, 0.15) is 20.8 Å². The zero-order valence-corrected chi connectivity index (χ0v) is 8.20. The van der Waals surface area contributed by atoms with Gasteiger partial charge in [0, 0.05) is 0 Å². The monoisotopic (exact) mass is 177 g/mol. The fourth-order valence-electron chi connectivity index (χ4n) is 0.654. The van der Waals surface area contributed by atoms with Crippen LogP contribution >= 0.6 is 11.8 Å². The van der Waals surface area contributed by atoms with Gasteiger partial charge in [0.05, 0.1) is 12.4 Å². The van der Waals surface area contributed by atoms with Crippen LogP contribution in [0.4, 0.5) is 0 Å². The highest BCUT2D eigenvalue weighted by Gasteiger charge is 2.13. The van der Waals surface area contributed by atoms with Crippen molar-refractivity contribution >= 4 is 17.7 Å². The molecule has 0 radical (unpaired) electrons. The van der Waals surface area contributed by atoms with Crippen molar-refractivity contribution in [2.45, 2.75) is 31.3 Å². The Hall–Kier alpha value is -0.220. The van der Waals surface area contributed by atoms with Crippen molar-refractivity contribution < 1.29 is 9.63 Å². The third kappa shape index (κ3) is 5.09. The fraction of sp³-hybridized carbons (Fsp3) is 0.857. The van der Waals surface area contributed by atoms with Gasteiger partial charge in [-0.2, -0.15) is 0 Å². The van der Waals surface area contributed by atoms with Crippen LogP contribution < -0.4 is 5.48 Å². The van der Waals surface area contributed by atoms with Crippen molar-refractivity contribution in [2.24, 2.45) is 0 Å². The van der Waals surface area contributed by atoms with E-state index < -0.39 is 0 Å². The molecule has 1 amide bonds. The van der Waals surface area contributed by atoms with Crippen LogP contribution in [0, 0.1) is 0 Å². The lowest BCUT2D eigenvalue weighted by Gasteiger charge is -2.12. The highest BCUT2D eigenvalue weighted by molar-refractivity contribution is 8.01. The first-order chi connectivity index (χ1) is 5.07. The molecule has 0 heterocycles. The first kappa shape index (κ1) is 10.8. The Morgan fingerprint density at radius 1 is 1.45 bits per heavy atom. The highest BCUT2D eigenvalue weighted by Crippen LogP contribution is 2.16. The van der Waals surface area contributed by atoms with Gasteiger partial charge in [0.2, 0.25) is 0 Å². The van der Waals surface area contributed by atoms with Gasteiger partial charge >= 0.3 is 0 Å². The number of nitrogens with one attached hydrogen (secondary N) is 1. The number of hydroxylamine groups is 1.